The molecule has 4 rings (SSSR count). The number of nitrogens with zero attached hydrogens (tertiary/aromatic N) is 2. The molecule has 1 heterocycles. The van der Waals surface area contributed by atoms with E-state index in [0.717, 1.165) is 16.7 Å². The number of carbonyl (C=O) groups excluding carboxylic acids is 3. The molecule has 8 heteroatoms. The molecule has 1 aromatic heterocycles. The fourth-order valence-electron chi connectivity index (χ4n) is 3.70. The molecule has 34 heavy (non-hydrogen) atoms. The number of rotatable bonds is 6. The van der Waals surface area contributed by atoms with Crippen molar-refractivity contribution in [2.45, 2.75) is 20.4 Å². The molecule has 0 unspecified atom stereocenters. The smallest absolute Gasteiger partial charge is 0.373 e. The molecule has 0 N–H and O–H groups in total. The van der Waals surface area contributed by atoms with E-state index in [-0.39, 0.29) is 6.15 Å². The van der Waals surface area contributed by atoms with Crippen molar-refractivity contribution in [3.8, 4) is 17.1 Å². The van der Waals surface area contributed by atoms with Crippen LogP contribution in [0.3, 0.4) is 0 Å². The van der Waals surface area contributed by atoms with Crippen LogP contribution in [0.1, 0.15) is 28.4 Å². The summed E-state index contributed by atoms with van der Waals surface area (Å²) in [6.45, 7) is 4.96. The van der Waals surface area contributed by atoms with Crippen LogP contribution in [-0.4, -0.2) is 35.4 Å². The van der Waals surface area contributed by atoms with E-state index >= 15 is 0 Å². The first-order valence-corrected chi connectivity index (χ1v) is 10.9. The number of methoxy groups -OCH3 is 1. The molecule has 0 atom stereocenters. The average molecular weight is 479 g/mol. The maximum Gasteiger partial charge on any atom is 0.373 e. The third-order valence-electron chi connectivity index (χ3n) is 5.22. The van der Waals surface area contributed by atoms with Crippen molar-refractivity contribution in [1.82, 2.24) is 9.55 Å². The van der Waals surface area contributed by atoms with Gasteiger partial charge in [0.05, 0.1) is 36.9 Å². The van der Waals surface area contributed by atoms with Gasteiger partial charge in [0, 0.05) is 5.02 Å². The Hall–Kier alpha value is -3.93. The van der Waals surface area contributed by atoms with Gasteiger partial charge >= 0.3 is 12.1 Å². The molecule has 0 amide bonds. The van der Waals surface area contributed by atoms with Crippen LogP contribution in [0.2, 0.25) is 5.02 Å². The number of ether oxygens (including phenoxy) is 2. The summed E-state index contributed by atoms with van der Waals surface area (Å²) in [4.78, 5) is 33.2. The van der Waals surface area contributed by atoms with Crippen molar-refractivity contribution in [3.05, 3.63) is 82.4 Å². The molecule has 0 radical (unpaired) electrons. The first-order chi connectivity index (χ1) is 16.4. The highest BCUT2D eigenvalue weighted by Crippen LogP contribution is 2.29. The van der Waals surface area contributed by atoms with Crippen molar-refractivity contribution in [1.29, 1.82) is 0 Å². The second-order valence-corrected chi connectivity index (χ2v) is 7.75. The molecular formula is C26H23ClN2O5. The summed E-state index contributed by atoms with van der Waals surface area (Å²) >= 11 is 6.19. The van der Waals surface area contributed by atoms with E-state index in [4.69, 9.17) is 30.7 Å². The molecule has 3 aromatic carbocycles. The van der Waals surface area contributed by atoms with Crippen LogP contribution in [0.25, 0.3) is 22.2 Å². The van der Waals surface area contributed by atoms with Gasteiger partial charge in [-0.25, -0.2) is 4.79 Å². The number of imidazole rings is 1. The topological polar surface area (TPSA) is 87.5 Å². The molecular weight excluding hydrogens is 456 g/mol. The molecule has 0 bridgehead atoms. The number of hydrogen-bond donors (Lipinski definition) is 0. The van der Waals surface area contributed by atoms with E-state index in [0.29, 0.717) is 40.8 Å². The normalized spacial score (nSPS) is 10.2. The van der Waals surface area contributed by atoms with E-state index in [9.17, 15) is 4.79 Å². The SMILES string of the molecule is CCOc1nc2cccc(C(=O)OC)c2n1Cc1ccc(-c2cc(Cl)ccc2C)cc1.O=C=O. The number of aryl methyl sites for hydroxylation is 1. The van der Waals surface area contributed by atoms with Crippen molar-refractivity contribution in [3.63, 3.8) is 0 Å². The van der Waals surface area contributed by atoms with Gasteiger partial charge in [0.15, 0.2) is 0 Å². The maximum atomic E-state index is 12.3. The Morgan fingerprint density at radius 3 is 2.44 bits per heavy atom. The summed E-state index contributed by atoms with van der Waals surface area (Å²) in [5.74, 6) is -0.401. The lowest BCUT2D eigenvalue weighted by Gasteiger charge is -2.12. The zero-order chi connectivity index (χ0) is 24.7. The molecule has 0 saturated carbocycles. The zero-order valence-electron chi connectivity index (χ0n) is 19.0. The van der Waals surface area contributed by atoms with Crippen LogP contribution in [0.5, 0.6) is 6.01 Å². The summed E-state index contributed by atoms with van der Waals surface area (Å²) in [6, 6.07) is 20.1. The number of esters is 1. The largest absolute Gasteiger partial charge is 0.465 e. The number of para-hydroxylation sites is 1. The molecule has 0 spiro atoms. The van der Waals surface area contributed by atoms with Crippen LogP contribution in [-0.2, 0) is 20.9 Å². The molecule has 7 nitrogen and oxygen atoms in total. The van der Waals surface area contributed by atoms with E-state index in [1.807, 2.05) is 35.8 Å². The Labute approximate surface area is 201 Å². The Kier molecular flexibility index (Phi) is 8.19. The van der Waals surface area contributed by atoms with E-state index < -0.39 is 5.97 Å². The standard InChI is InChI=1S/C25H23ClN2O3.CO2/c1-4-31-25-27-22-7-5-6-20(24(29)30-3)23(22)28(25)15-17-9-11-18(12-10-17)21-14-19(26)13-8-16(21)2;2-1-3/h5-14H,4,15H2,1-3H3;. The number of carbonyl (C=O) groups is 1. The van der Waals surface area contributed by atoms with Gasteiger partial charge in [-0.2, -0.15) is 14.6 Å². The molecule has 0 aliphatic heterocycles. The molecule has 4 aromatic rings. The van der Waals surface area contributed by atoms with Crippen LogP contribution < -0.4 is 4.74 Å². The third kappa shape index (κ3) is 5.34. The quantitative estimate of drug-likeness (QED) is 0.349. The average Bonchev–Trinajstić information content (AvgIpc) is 3.18. The zero-order valence-corrected chi connectivity index (χ0v) is 19.8. The highest BCUT2D eigenvalue weighted by atomic mass is 35.5. The fraction of sp³-hybridized carbons (Fsp3) is 0.192. The van der Waals surface area contributed by atoms with Gasteiger partial charge in [-0.3, -0.25) is 4.57 Å². The lowest BCUT2D eigenvalue weighted by molar-refractivity contribution is -0.191. The van der Waals surface area contributed by atoms with Crippen molar-refractivity contribution >= 4 is 34.8 Å². The highest BCUT2D eigenvalue weighted by molar-refractivity contribution is 6.30. The van der Waals surface area contributed by atoms with Crippen molar-refractivity contribution < 1.29 is 23.9 Å². The van der Waals surface area contributed by atoms with Crippen molar-refractivity contribution in [2.24, 2.45) is 0 Å². The fourth-order valence-corrected chi connectivity index (χ4v) is 3.87. The van der Waals surface area contributed by atoms with Gasteiger partial charge in [-0.1, -0.05) is 48.0 Å². The summed E-state index contributed by atoms with van der Waals surface area (Å²) < 4.78 is 12.7. The second-order valence-electron chi connectivity index (χ2n) is 7.32. The Balaban J connectivity index is 0.00000103. The van der Waals surface area contributed by atoms with Gasteiger partial charge in [0.1, 0.15) is 0 Å². The first-order valence-electron chi connectivity index (χ1n) is 10.5. The molecule has 174 valence electrons. The Morgan fingerprint density at radius 1 is 1.09 bits per heavy atom. The Morgan fingerprint density at radius 2 is 1.79 bits per heavy atom. The maximum absolute atomic E-state index is 12.3. The van der Waals surface area contributed by atoms with Crippen LogP contribution in [0.4, 0.5) is 0 Å². The third-order valence-corrected chi connectivity index (χ3v) is 5.45. The van der Waals surface area contributed by atoms with Gasteiger partial charge < -0.3 is 9.47 Å². The number of halogens is 1. The highest BCUT2D eigenvalue weighted by Gasteiger charge is 2.19. The minimum atomic E-state index is -0.401. The van der Waals surface area contributed by atoms with Gasteiger partial charge in [0.25, 0.3) is 6.01 Å². The van der Waals surface area contributed by atoms with Gasteiger partial charge in [-0.15, -0.1) is 0 Å². The van der Waals surface area contributed by atoms with Crippen LogP contribution in [0, 0.1) is 6.92 Å². The lowest BCUT2D eigenvalue weighted by atomic mass is 9.99. The molecule has 0 saturated heterocycles. The molecule has 0 aliphatic rings. The number of fused-ring (bicyclic) bond motifs is 1. The van der Waals surface area contributed by atoms with E-state index in [1.165, 1.54) is 12.7 Å². The number of aromatic nitrogens is 2. The van der Waals surface area contributed by atoms with E-state index in [1.54, 1.807) is 12.1 Å². The predicted octanol–water partition coefficient (Wildman–Crippen LogP) is 5.32. The monoisotopic (exact) mass is 478 g/mol. The summed E-state index contributed by atoms with van der Waals surface area (Å²) in [5.41, 5.74) is 6.28. The summed E-state index contributed by atoms with van der Waals surface area (Å²) in [6.07, 6.45) is 0.250. The second kappa shape index (κ2) is 11.3. The minimum Gasteiger partial charge on any atom is -0.465 e. The minimum absolute atomic E-state index is 0.250. The number of benzene rings is 3. The molecule has 0 aliphatic carbocycles. The van der Waals surface area contributed by atoms with Crippen LogP contribution >= 0.6 is 11.6 Å². The van der Waals surface area contributed by atoms with Crippen molar-refractivity contribution in [2.75, 3.05) is 13.7 Å². The molecule has 0 fully saturated rings. The lowest BCUT2D eigenvalue weighted by Crippen LogP contribution is -2.09. The predicted molar refractivity (Wildman–Crippen MR) is 128 cm³/mol. The summed E-state index contributed by atoms with van der Waals surface area (Å²) in [5, 5.41) is 0.714. The van der Waals surface area contributed by atoms with Gasteiger partial charge in [0.2, 0.25) is 0 Å². The first kappa shape index (κ1) is 24.7. The Bertz CT molecular complexity index is 1340. The van der Waals surface area contributed by atoms with Gasteiger partial charge in [-0.05, 0) is 60.4 Å². The van der Waals surface area contributed by atoms with Crippen LogP contribution in [0.15, 0.2) is 60.7 Å². The summed E-state index contributed by atoms with van der Waals surface area (Å²) in [7, 11) is 1.38. The van der Waals surface area contributed by atoms with E-state index in [2.05, 4.69) is 36.2 Å². The number of hydrogen-bond acceptors (Lipinski definition) is 6.